The highest BCUT2D eigenvalue weighted by molar-refractivity contribution is 5.92. The van der Waals surface area contributed by atoms with Crippen LogP contribution in [0, 0.1) is 11.8 Å². The lowest BCUT2D eigenvalue weighted by molar-refractivity contribution is -0.137. The van der Waals surface area contributed by atoms with Crippen LogP contribution in [0.15, 0.2) is 18.2 Å². The second-order valence-corrected chi connectivity index (χ2v) is 7.85. The molecule has 28 heavy (non-hydrogen) atoms. The summed E-state index contributed by atoms with van der Waals surface area (Å²) in [5.41, 5.74) is 2.76. The Labute approximate surface area is 170 Å². The highest BCUT2D eigenvalue weighted by Gasteiger charge is 2.23. The number of hydrogen-bond donors (Lipinski definition) is 1. The first-order valence-corrected chi connectivity index (χ1v) is 10.1. The van der Waals surface area contributed by atoms with E-state index in [4.69, 9.17) is 4.74 Å². The summed E-state index contributed by atoms with van der Waals surface area (Å²) in [6, 6.07) is 5.81. The molecule has 6 heteroatoms. The molecule has 1 rings (SSSR count). The molecule has 0 saturated carbocycles. The molecule has 1 aromatic rings. The largest absolute Gasteiger partial charge is 0.377 e. The van der Waals surface area contributed by atoms with Crippen molar-refractivity contribution in [3.05, 3.63) is 23.8 Å². The van der Waals surface area contributed by atoms with Gasteiger partial charge < -0.3 is 19.9 Å². The summed E-state index contributed by atoms with van der Waals surface area (Å²) in [6.45, 7) is 9.63. The Morgan fingerprint density at radius 2 is 1.79 bits per heavy atom. The number of nitrogens with zero attached hydrogens (tertiary/aromatic N) is 2. The van der Waals surface area contributed by atoms with Gasteiger partial charge in [-0.15, -0.1) is 0 Å². The van der Waals surface area contributed by atoms with Crippen molar-refractivity contribution in [2.24, 2.45) is 11.8 Å². The Hall–Kier alpha value is -2.08. The average Bonchev–Trinajstić information content (AvgIpc) is 2.61. The van der Waals surface area contributed by atoms with Crippen LogP contribution in [0.3, 0.4) is 0 Å². The Morgan fingerprint density at radius 1 is 1.14 bits per heavy atom. The van der Waals surface area contributed by atoms with Crippen LogP contribution < -0.4 is 10.2 Å². The summed E-state index contributed by atoms with van der Waals surface area (Å²) in [5.74, 6) is 0.437. The van der Waals surface area contributed by atoms with E-state index in [1.165, 1.54) is 7.11 Å². The number of hydrogen-bond acceptors (Lipinski definition) is 4. The molecule has 0 radical (unpaired) electrons. The van der Waals surface area contributed by atoms with Gasteiger partial charge in [0, 0.05) is 51.6 Å². The molecule has 0 aliphatic rings. The summed E-state index contributed by atoms with van der Waals surface area (Å²) in [4.78, 5) is 29.0. The molecule has 0 bridgehead atoms. The number of methoxy groups -OCH3 is 1. The number of carbonyl (C=O) groups excluding carboxylic acids is 2. The summed E-state index contributed by atoms with van der Waals surface area (Å²) >= 11 is 0. The first-order chi connectivity index (χ1) is 13.2. The molecule has 0 unspecified atom stereocenters. The SMILES string of the molecule is CCC(CC)C(=O)N(Cc1cc(NC(=O)COC)ccc1N(C)C)CC(C)C. The zero-order valence-corrected chi connectivity index (χ0v) is 18.5. The van der Waals surface area contributed by atoms with Crippen LogP contribution in [0.1, 0.15) is 46.1 Å². The van der Waals surface area contributed by atoms with Crippen molar-refractivity contribution in [2.75, 3.05) is 44.6 Å². The number of benzene rings is 1. The molecule has 0 aromatic heterocycles. The second kappa shape index (κ2) is 11.7. The number of ether oxygens (including phenoxy) is 1. The third-order valence-corrected chi connectivity index (χ3v) is 4.71. The van der Waals surface area contributed by atoms with Gasteiger partial charge in [0.2, 0.25) is 11.8 Å². The highest BCUT2D eigenvalue weighted by Crippen LogP contribution is 2.26. The molecule has 0 fully saturated rings. The Balaban J connectivity index is 3.19. The van der Waals surface area contributed by atoms with E-state index in [-0.39, 0.29) is 24.3 Å². The van der Waals surface area contributed by atoms with E-state index in [2.05, 4.69) is 33.0 Å². The molecular formula is C22H37N3O3. The lowest BCUT2D eigenvalue weighted by Gasteiger charge is -2.30. The van der Waals surface area contributed by atoms with Gasteiger partial charge in [-0.3, -0.25) is 9.59 Å². The minimum atomic E-state index is -0.196. The number of anilines is 2. The Bertz CT molecular complexity index is 640. The van der Waals surface area contributed by atoms with Gasteiger partial charge in [-0.25, -0.2) is 0 Å². The molecule has 0 aliphatic carbocycles. The smallest absolute Gasteiger partial charge is 0.250 e. The maximum Gasteiger partial charge on any atom is 0.250 e. The maximum absolute atomic E-state index is 13.1. The standard InChI is InChI=1S/C22H37N3O3/c1-8-17(9-2)22(27)25(13-16(3)4)14-18-12-19(23-21(26)15-28-7)10-11-20(18)24(5)6/h10-12,16-17H,8-9,13-15H2,1-7H3,(H,23,26). The van der Waals surface area contributed by atoms with Crippen LogP contribution in [0.2, 0.25) is 0 Å². The van der Waals surface area contributed by atoms with Gasteiger partial charge >= 0.3 is 0 Å². The monoisotopic (exact) mass is 391 g/mol. The van der Waals surface area contributed by atoms with Crippen LogP contribution >= 0.6 is 0 Å². The Morgan fingerprint density at radius 3 is 2.29 bits per heavy atom. The first kappa shape index (κ1) is 24.0. The third-order valence-electron chi connectivity index (χ3n) is 4.71. The van der Waals surface area contributed by atoms with Crippen molar-refractivity contribution in [3.63, 3.8) is 0 Å². The van der Waals surface area contributed by atoms with Gasteiger partial charge in [-0.1, -0.05) is 27.7 Å². The van der Waals surface area contributed by atoms with Crippen LogP contribution in [0.5, 0.6) is 0 Å². The molecule has 0 heterocycles. The normalized spacial score (nSPS) is 11.0. The van der Waals surface area contributed by atoms with Gasteiger partial charge in [0.25, 0.3) is 0 Å². The number of carbonyl (C=O) groups is 2. The minimum absolute atomic E-state index is 0.0113. The summed E-state index contributed by atoms with van der Waals surface area (Å²) in [7, 11) is 5.46. The molecule has 1 aromatic carbocycles. The minimum Gasteiger partial charge on any atom is -0.377 e. The van der Waals surface area contributed by atoms with Crippen LogP contribution in [0.4, 0.5) is 11.4 Å². The molecular weight excluding hydrogens is 354 g/mol. The number of rotatable bonds is 11. The zero-order valence-electron chi connectivity index (χ0n) is 18.5. The maximum atomic E-state index is 13.1. The van der Waals surface area contributed by atoms with Crippen LogP contribution in [0.25, 0.3) is 0 Å². The quantitative estimate of drug-likeness (QED) is 0.624. The van der Waals surface area contributed by atoms with Crippen molar-refractivity contribution in [1.29, 1.82) is 0 Å². The third kappa shape index (κ3) is 7.15. The van der Waals surface area contributed by atoms with Gasteiger partial charge in [-0.05, 0) is 42.5 Å². The van der Waals surface area contributed by atoms with Gasteiger partial charge in [-0.2, -0.15) is 0 Å². The average molecular weight is 392 g/mol. The van der Waals surface area contributed by atoms with Gasteiger partial charge in [0.05, 0.1) is 0 Å². The predicted molar refractivity (Wildman–Crippen MR) is 116 cm³/mol. The molecule has 2 amide bonds. The van der Waals surface area contributed by atoms with E-state index < -0.39 is 0 Å². The lowest BCUT2D eigenvalue weighted by atomic mass is 10.00. The molecule has 158 valence electrons. The van der Waals surface area contributed by atoms with Crippen molar-refractivity contribution < 1.29 is 14.3 Å². The molecule has 0 atom stereocenters. The lowest BCUT2D eigenvalue weighted by Crippen LogP contribution is -2.38. The van der Waals surface area contributed by atoms with Crippen molar-refractivity contribution in [3.8, 4) is 0 Å². The van der Waals surface area contributed by atoms with E-state index in [1.54, 1.807) is 0 Å². The van der Waals surface area contributed by atoms with Crippen molar-refractivity contribution in [2.45, 2.75) is 47.1 Å². The van der Waals surface area contributed by atoms with E-state index in [1.807, 2.05) is 42.1 Å². The van der Waals surface area contributed by atoms with Crippen LogP contribution in [-0.2, 0) is 20.9 Å². The van der Waals surface area contributed by atoms with Crippen molar-refractivity contribution >= 4 is 23.2 Å². The number of nitrogens with one attached hydrogen (secondary N) is 1. The molecule has 0 saturated heterocycles. The molecule has 6 nitrogen and oxygen atoms in total. The summed E-state index contributed by atoms with van der Waals surface area (Å²) < 4.78 is 4.89. The molecule has 1 N–H and O–H groups in total. The molecule has 0 spiro atoms. The van der Waals surface area contributed by atoms with Gasteiger partial charge in [0.15, 0.2) is 0 Å². The van der Waals surface area contributed by atoms with E-state index in [0.717, 1.165) is 24.1 Å². The van der Waals surface area contributed by atoms with Crippen molar-refractivity contribution in [1.82, 2.24) is 4.90 Å². The van der Waals surface area contributed by atoms with Crippen LogP contribution in [-0.4, -0.2) is 51.1 Å². The predicted octanol–water partition coefficient (Wildman–Crippen LogP) is 3.76. The molecule has 0 aliphatic heterocycles. The fourth-order valence-electron chi connectivity index (χ4n) is 3.33. The summed E-state index contributed by atoms with van der Waals surface area (Å²) in [5, 5.41) is 2.85. The van der Waals surface area contributed by atoms with E-state index in [0.29, 0.717) is 24.7 Å². The summed E-state index contributed by atoms with van der Waals surface area (Å²) in [6.07, 6.45) is 1.69. The van der Waals surface area contributed by atoms with E-state index in [9.17, 15) is 9.59 Å². The first-order valence-electron chi connectivity index (χ1n) is 10.1. The number of amides is 2. The zero-order chi connectivity index (χ0) is 21.3. The fourth-order valence-corrected chi connectivity index (χ4v) is 3.33. The highest BCUT2D eigenvalue weighted by atomic mass is 16.5. The Kier molecular flexibility index (Phi) is 10.0. The van der Waals surface area contributed by atoms with Gasteiger partial charge in [0.1, 0.15) is 6.61 Å². The van der Waals surface area contributed by atoms with E-state index >= 15 is 0 Å². The second-order valence-electron chi connectivity index (χ2n) is 7.85. The topological polar surface area (TPSA) is 61.9 Å². The fraction of sp³-hybridized carbons (Fsp3) is 0.636.